The first-order valence-electron chi connectivity index (χ1n) is 27.6. The minimum atomic E-state index is 0. The Kier molecular flexibility index (Phi) is 30.9. The summed E-state index contributed by atoms with van der Waals surface area (Å²) in [7, 11) is 3.28. The molecule has 0 N–H and O–H groups in total. The van der Waals surface area contributed by atoms with Crippen LogP contribution in [0, 0.1) is 51.1 Å². The second-order valence-electron chi connectivity index (χ2n) is 19.1. The first-order chi connectivity index (χ1) is 42.7. The van der Waals surface area contributed by atoms with Gasteiger partial charge in [0.2, 0.25) is 0 Å². The summed E-state index contributed by atoms with van der Waals surface area (Å²) < 4.78 is 10.2. The van der Waals surface area contributed by atoms with Gasteiger partial charge in [0.15, 0.2) is 0 Å². The molecule has 0 atom stereocenters. The molecule has 91 heavy (non-hydrogen) atoms. The van der Waals surface area contributed by atoms with Gasteiger partial charge in [0.05, 0.1) is 25.6 Å². The van der Waals surface area contributed by atoms with E-state index in [2.05, 4.69) is 111 Å². The Morgan fingerprint density at radius 1 is 0.308 bits per heavy atom. The van der Waals surface area contributed by atoms with Crippen molar-refractivity contribution in [2.45, 2.75) is 20.8 Å². The molecule has 0 saturated carbocycles. The standard InChI is InChI=1S/C18H13N2.C17H13N2.C16H11N2.2C12H11N2O.4Ir/c1-2-14-8-10-16(11-9-14)18-12-17(19-13-20-18)15-6-4-3-5-7-15;1-13-10-17(19-12-18-13)16-9-5-8-15(11-16)14-6-3-2-4-7-14;1-3-7-13(8-4-1)15-11-16(18-12-17-15)14-9-5-2-6-10-14;1-9-7-12(14-8-13-9)10-3-5-11(15-2)6-4-10;1-9-6-12(14-8-13-9)10-4-3-5-11(7-10)15-2;;;;/h2-10,12-13H,1H2;2-8,10-12H,1H3;1-9,11-12H;2*3,5-8H,1-2H3;;;;/q5*-1;;;;. The number of benzene rings is 8. The molecular formula is C75H59Ir4N10O2-5. The van der Waals surface area contributed by atoms with Gasteiger partial charge in [-0.2, -0.15) is 0 Å². The van der Waals surface area contributed by atoms with Gasteiger partial charge in [-0.15, -0.1) is 179 Å². The molecule has 0 saturated heterocycles. The summed E-state index contributed by atoms with van der Waals surface area (Å²) in [6.45, 7) is 9.58. The van der Waals surface area contributed by atoms with Crippen molar-refractivity contribution in [1.29, 1.82) is 0 Å². The molecule has 12 nitrogen and oxygen atoms in total. The molecule has 5 heterocycles. The van der Waals surface area contributed by atoms with E-state index in [-0.39, 0.29) is 80.4 Å². The number of methoxy groups -OCH3 is 2. The monoisotopic (exact) mass is 1900 g/mol. The topological polar surface area (TPSA) is 147 Å². The quantitative estimate of drug-likeness (QED) is 0.114. The van der Waals surface area contributed by atoms with Crippen molar-refractivity contribution in [1.82, 2.24) is 49.8 Å². The summed E-state index contributed by atoms with van der Waals surface area (Å²) in [6, 6.07) is 87.2. The predicted molar refractivity (Wildman–Crippen MR) is 345 cm³/mol. The number of ether oxygens (including phenoxy) is 2. The minimum Gasteiger partial charge on any atom is -0.540 e. The van der Waals surface area contributed by atoms with Crippen LogP contribution < -0.4 is 9.47 Å². The third-order valence-electron chi connectivity index (χ3n) is 13.0. The zero-order valence-corrected chi connectivity index (χ0v) is 59.7. The number of rotatable bonds is 11. The van der Waals surface area contributed by atoms with E-state index in [0.29, 0.717) is 0 Å². The zero-order valence-electron chi connectivity index (χ0n) is 50.1. The number of hydrogen-bond acceptors (Lipinski definition) is 12. The van der Waals surface area contributed by atoms with Gasteiger partial charge in [-0.05, 0) is 65.9 Å². The van der Waals surface area contributed by atoms with Crippen molar-refractivity contribution in [3.63, 3.8) is 0 Å². The number of nitrogens with zero attached hydrogens (tertiary/aromatic N) is 10. The normalized spacial score (nSPS) is 9.73. The van der Waals surface area contributed by atoms with Crippen LogP contribution in [-0.4, -0.2) is 64.1 Å². The smallest absolute Gasteiger partial charge is 0.106 e. The van der Waals surface area contributed by atoms with Crippen molar-refractivity contribution in [3.8, 4) is 101 Å². The van der Waals surface area contributed by atoms with Crippen LogP contribution in [-0.2, 0) is 80.4 Å². The molecule has 8 aromatic carbocycles. The summed E-state index contributed by atoms with van der Waals surface area (Å²) in [5.74, 6) is 1.60. The van der Waals surface area contributed by atoms with Crippen LogP contribution in [0.1, 0.15) is 22.6 Å². The summed E-state index contributed by atoms with van der Waals surface area (Å²) in [6.07, 6.45) is 9.69. The molecular weight excluding hydrogens is 1840 g/mol. The average molecular weight is 1900 g/mol. The molecule has 4 radical (unpaired) electrons. The van der Waals surface area contributed by atoms with E-state index in [1.807, 2.05) is 209 Å². The van der Waals surface area contributed by atoms with Gasteiger partial charge in [0.1, 0.15) is 31.6 Å². The van der Waals surface area contributed by atoms with Crippen LogP contribution in [0.3, 0.4) is 0 Å². The van der Waals surface area contributed by atoms with Crippen LogP contribution >= 0.6 is 0 Å². The fourth-order valence-corrected chi connectivity index (χ4v) is 8.47. The number of aryl methyl sites for hydroxylation is 3. The average Bonchev–Trinajstić information content (AvgIpc) is 2.86. The van der Waals surface area contributed by atoms with E-state index in [1.165, 1.54) is 11.1 Å². The Balaban J connectivity index is 0.000000205. The maximum atomic E-state index is 5.14. The SMILES string of the molecule is C=Cc1c[c-]c(-c2cc(-c3ccccc3)ncn2)cc1.COc1c[c-]c(-c2cc(C)ncn2)cc1.COc1cc[c-]c(-c2cc(C)ncn2)c1.Cc1cc(-c2[c-]ccc(-c3ccccc3)c2)ncn1.[Ir].[Ir].[Ir].[Ir].[c-]1ccccc1-c1cc(-c2ccccc2)ncn1. The van der Waals surface area contributed by atoms with Gasteiger partial charge in [0.25, 0.3) is 0 Å². The van der Waals surface area contributed by atoms with Gasteiger partial charge in [-0.3, -0.25) is 24.9 Å². The van der Waals surface area contributed by atoms with E-state index in [4.69, 9.17) is 9.47 Å². The van der Waals surface area contributed by atoms with Crippen molar-refractivity contribution in [3.05, 3.63) is 310 Å². The molecule has 5 aromatic heterocycles. The maximum absolute atomic E-state index is 5.14. The van der Waals surface area contributed by atoms with Gasteiger partial charge < -0.3 is 9.47 Å². The van der Waals surface area contributed by atoms with Crippen molar-refractivity contribution >= 4 is 6.08 Å². The van der Waals surface area contributed by atoms with E-state index >= 15 is 0 Å². The van der Waals surface area contributed by atoms with Gasteiger partial charge in [0, 0.05) is 109 Å². The number of hydrogen-bond donors (Lipinski definition) is 0. The summed E-state index contributed by atoms with van der Waals surface area (Å²) in [5, 5.41) is 0. The predicted octanol–water partition coefficient (Wildman–Crippen LogP) is 16.3. The Morgan fingerprint density at radius 3 is 1.13 bits per heavy atom. The Bertz CT molecular complexity index is 4200. The first-order valence-corrected chi connectivity index (χ1v) is 27.6. The second kappa shape index (κ2) is 38.6. The first kappa shape index (κ1) is 72.8. The molecule has 16 heteroatoms. The molecule has 13 rings (SSSR count). The van der Waals surface area contributed by atoms with Gasteiger partial charge in [-0.25, -0.2) is 24.9 Å². The molecule has 0 bridgehead atoms. The Hall–Kier alpha value is -8.90. The van der Waals surface area contributed by atoms with Gasteiger partial charge in [-0.1, -0.05) is 121 Å². The molecule has 0 aliphatic heterocycles. The molecule has 0 spiro atoms. The molecule has 0 amide bonds. The Labute approximate surface area is 586 Å². The van der Waals surface area contributed by atoms with Crippen LogP contribution in [0.4, 0.5) is 0 Å². The van der Waals surface area contributed by atoms with E-state index in [1.54, 1.807) is 58.0 Å². The maximum Gasteiger partial charge on any atom is 0.106 e. The van der Waals surface area contributed by atoms with Gasteiger partial charge >= 0.3 is 0 Å². The summed E-state index contributed by atoms with van der Waals surface area (Å²) in [4.78, 5) is 42.1. The van der Waals surface area contributed by atoms with E-state index < -0.39 is 0 Å². The summed E-state index contributed by atoms with van der Waals surface area (Å²) in [5.41, 5.74) is 19.5. The molecule has 462 valence electrons. The van der Waals surface area contributed by atoms with Crippen LogP contribution in [0.25, 0.3) is 96.0 Å². The third-order valence-corrected chi connectivity index (χ3v) is 13.0. The molecule has 0 fully saturated rings. The fraction of sp³-hybridized carbons (Fsp3) is 0.0667. The molecule has 0 aliphatic rings. The number of aromatic nitrogens is 10. The van der Waals surface area contributed by atoms with Crippen molar-refractivity contribution in [2.24, 2.45) is 0 Å². The third kappa shape index (κ3) is 22.2. The Morgan fingerprint density at radius 2 is 0.703 bits per heavy atom. The van der Waals surface area contributed by atoms with Crippen LogP contribution in [0.5, 0.6) is 11.5 Å². The van der Waals surface area contributed by atoms with Crippen LogP contribution in [0.2, 0.25) is 0 Å². The van der Waals surface area contributed by atoms with Crippen molar-refractivity contribution in [2.75, 3.05) is 14.2 Å². The molecule has 13 aromatic rings. The fourth-order valence-electron chi connectivity index (χ4n) is 8.47. The molecule has 0 unspecified atom stereocenters. The zero-order chi connectivity index (χ0) is 60.4. The van der Waals surface area contributed by atoms with Crippen LogP contribution in [0.15, 0.2) is 257 Å². The minimum absolute atomic E-state index is 0. The second-order valence-corrected chi connectivity index (χ2v) is 19.1. The van der Waals surface area contributed by atoms with Crippen molar-refractivity contribution < 1.29 is 89.9 Å². The summed E-state index contributed by atoms with van der Waals surface area (Å²) >= 11 is 0. The molecule has 0 aliphatic carbocycles. The van der Waals surface area contributed by atoms with E-state index in [9.17, 15) is 0 Å². The van der Waals surface area contributed by atoms with E-state index in [0.717, 1.165) is 113 Å². The largest absolute Gasteiger partial charge is 0.540 e.